The summed E-state index contributed by atoms with van der Waals surface area (Å²) < 4.78 is 6.13. The fourth-order valence-corrected chi connectivity index (χ4v) is 3.08. The molecule has 1 fully saturated rings. The van der Waals surface area contributed by atoms with Gasteiger partial charge in [-0.25, -0.2) is 0 Å². The first kappa shape index (κ1) is 12.7. The first-order valence-corrected chi connectivity index (χ1v) is 7.85. The number of thiazole rings is 1. The molecule has 0 bridgehead atoms. The van der Waals surface area contributed by atoms with Crippen molar-refractivity contribution in [3.05, 3.63) is 41.8 Å². The lowest BCUT2D eigenvalue weighted by Crippen LogP contribution is -2.50. The van der Waals surface area contributed by atoms with Crippen molar-refractivity contribution < 1.29 is 4.74 Å². The summed E-state index contributed by atoms with van der Waals surface area (Å²) in [5.41, 5.74) is 3.97. The van der Waals surface area contributed by atoms with Gasteiger partial charge in [-0.05, 0) is 18.6 Å². The number of fused-ring (bicyclic) bond motifs is 1. The van der Waals surface area contributed by atoms with Gasteiger partial charge in [0.1, 0.15) is 11.9 Å². The number of benzene rings is 1. The van der Waals surface area contributed by atoms with Crippen molar-refractivity contribution in [1.29, 1.82) is 0 Å². The highest BCUT2D eigenvalue weighted by Crippen LogP contribution is 2.33. The van der Waals surface area contributed by atoms with E-state index in [0.717, 1.165) is 35.3 Å². The second-order valence-corrected chi connectivity index (χ2v) is 6.12. The number of rotatable bonds is 3. The molecule has 3 heterocycles. The van der Waals surface area contributed by atoms with Crippen LogP contribution in [-0.4, -0.2) is 29.2 Å². The molecule has 3 aromatic rings. The van der Waals surface area contributed by atoms with Crippen molar-refractivity contribution in [3.63, 3.8) is 0 Å². The summed E-state index contributed by atoms with van der Waals surface area (Å²) in [5, 5.41) is 5.46. The van der Waals surface area contributed by atoms with Crippen molar-refractivity contribution in [1.82, 2.24) is 15.3 Å². The van der Waals surface area contributed by atoms with Gasteiger partial charge in [-0.3, -0.25) is 9.97 Å². The third-order valence-corrected chi connectivity index (χ3v) is 4.59. The highest BCUT2D eigenvalue weighted by atomic mass is 32.1. The van der Waals surface area contributed by atoms with E-state index in [9.17, 15) is 0 Å². The highest BCUT2D eigenvalue weighted by molar-refractivity contribution is 7.13. The quantitative estimate of drug-likeness (QED) is 0.807. The van der Waals surface area contributed by atoms with Crippen LogP contribution in [0.15, 0.2) is 36.1 Å². The maximum atomic E-state index is 6.13. The van der Waals surface area contributed by atoms with Gasteiger partial charge in [0.05, 0.1) is 16.1 Å². The molecule has 0 radical (unpaired) electrons. The number of hydrogen-bond donors (Lipinski definition) is 1. The van der Waals surface area contributed by atoms with Crippen LogP contribution in [0, 0.1) is 6.92 Å². The molecule has 106 valence electrons. The van der Waals surface area contributed by atoms with Crippen molar-refractivity contribution >= 4 is 22.1 Å². The number of nitrogens with zero attached hydrogens (tertiary/aromatic N) is 2. The number of pyridine rings is 1. The predicted octanol–water partition coefficient (Wildman–Crippen LogP) is 3.02. The van der Waals surface area contributed by atoms with Gasteiger partial charge in [-0.2, -0.15) is 0 Å². The van der Waals surface area contributed by atoms with Crippen LogP contribution in [0.3, 0.4) is 0 Å². The molecule has 1 N–H and O–H groups in total. The Labute approximate surface area is 126 Å². The lowest BCUT2D eigenvalue weighted by molar-refractivity contribution is 0.143. The number of nitrogens with one attached hydrogen (secondary N) is 1. The molecule has 0 saturated carbocycles. The van der Waals surface area contributed by atoms with Crippen LogP contribution in [-0.2, 0) is 0 Å². The molecule has 2 aromatic heterocycles. The van der Waals surface area contributed by atoms with E-state index in [-0.39, 0.29) is 6.10 Å². The van der Waals surface area contributed by atoms with Crippen LogP contribution >= 0.6 is 11.3 Å². The summed E-state index contributed by atoms with van der Waals surface area (Å²) >= 11 is 1.65. The number of aromatic nitrogens is 2. The van der Waals surface area contributed by atoms with Gasteiger partial charge in [0.15, 0.2) is 0 Å². The van der Waals surface area contributed by atoms with E-state index >= 15 is 0 Å². The third kappa shape index (κ3) is 2.28. The minimum atomic E-state index is 0.253. The van der Waals surface area contributed by atoms with Gasteiger partial charge in [0.2, 0.25) is 0 Å². The average molecular weight is 297 g/mol. The molecule has 1 saturated heterocycles. The zero-order chi connectivity index (χ0) is 14.2. The molecule has 4 rings (SSSR count). The van der Waals surface area contributed by atoms with Gasteiger partial charge < -0.3 is 10.1 Å². The van der Waals surface area contributed by atoms with E-state index < -0.39 is 0 Å². The van der Waals surface area contributed by atoms with Crippen LogP contribution in [0.25, 0.3) is 21.2 Å². The zero-order valence-corrected chi connectivity index (χ0v) is 12.5. The molecule has 4 nitrogen and oxygen atoms in total. The Morgan fingerprint density at radius 1 is 1.29 bits per heavy atom. The standard InChI is InChI=1S/C16H15N3OS/c1-10-16(20-13-6-17-7-13)14-4-11(15-8-18-9-21-15)2-3-12(14)5-19-10/h2-5,8-9,13,17H,6-7H2,1H3. The Morgan fingerprint density at radius 2 is 2.19 bits per heavy atom. The second kappa shape index (κ2) is 5.09. The van der Waals surface area contributed by atoms with Crippen LogP contribution in [0.4, 0.5) is 0 Å². The average Bonchev–Trinajstić information content (AvgIpc) is 2.98. The van der Waals surface area contributed by atoms with Gasteiger partial charge >= 0.3 is 0 Å². The monoisotopic (exact) mass is 297 g/mol. The lowest BCUT2D eigenvalue weighted by Gasteiger charge is -2.28. The Hall–Kier alpha value is -1.98. The maximum Gasteiger partial charge on any atom is 0.148 e. The van der Waals surface area contributed by atoms with Crippen molar-refractivity contribution in [2.45, 2.75) is 13.0 Å². The smallest absolute Gasteiger partial charge is 0.148 e. The fraction of sp³-hybridized carbons (Fsp3) is 0.250. The van der Waals surface area contributed by atoms with E-state index in [0.29, 0.717) is 0 Å². The summed E-state index contributed by atoms with van der Waals surface area (Å²) in [4.78, 5) is 9.78. The molecule has 1 aliphatic rings. The third-order valence-electron chi connectivity index (χ3n) is 3.77. The number of aryl methyl sites for hydroxylation is 1. The van der Waals surface area contributed by atoms with E-state index in [2.05, 4.69) is 33.5 Å². The van der Waals surface area contributed by atoms with Gasteiger partial charge in [-0.1, -0.05) is 12.1 Å². The first-order valence-electron chi connectivity index (χ1n) is 6.97. The first-order chi connectivity index (χ1) is 10.3. The van der Waals surface area contributed by atoms with Crippen molar-refractivity contribution in [3.8, 4) is 16.2 Å². The summed E-state index contributed by atoms with van der Waals surface area (Å²) in [6, 6.07) is 6.39. The molecule has 1 aromatic carbocycles. The zero-order valence-electron chi connectivity index (χ0n) is 11.7. The maximum absolute atomic E-state index is 6.13. The van der Waals surface area contributed by atoms with Crippen LogP contribution in [0.2, 0.25) is 0 Å². The highest BCUT2D eigenvalue weighted by Gasteiger charge is 2.21. The predicted molar refractivity (Wildman–Crippen MR) is 84.9 cm³/mol. The lowest BCUT2D eigenvalue weighted by atomic mass is 10.1. The second-order valence-electron chi connectivity index (χ2n) is 5.24. The van der Waals surface area contributed by atoms with Crippen molar-refractivity contribution in [2.75, 3.05) is 13.1 Å². The molecular weight excluding hydrogens is 282 g/mol. The molecule has 0 unspecified atom stereocenters. The van der Waals surface area contributed by atoms with Crippen LogP contribution < -0.4 is 10.1 Å². The molecule has 1 aliphatic heterocycles. The summed E-state index contributed by atoms with van der Waals surface area (Å²) in [7, 11) is 0. The summed E-state index contributed by atoms with van der Waals surface area (Å²) in [6.45, 7) is 3.81. The molecule has 21 heavy (non-hydrogen) atoms. The van der Waals surface area contributed by atoms with E-state index in [1.807, 2.05) is 24.8 Å². The Balaban J connectivity index is 1.85. The molecule has 0 spiro atoms. The van der Waals surface area contributed by atoms with Crippen LogP contribution in [0.1, 0.15) is 5.69 Å². The fourth-order valence-electron chi connectivity index (χ4n) is 2.46. The number of ether oxygens (including phenoxy) is 1. The minimum absolute atomic E-state index is 0.253. The van der Waals surface area contributed by atoms with Crippen LogP contribution in [0.5, 0.6) is 5.75 Å². The topological polar surface area (TPSA) is 47.0 Å². The largest absolute Gasteiger partial charge is 0.485 e. The van der Waals surface area contributed by atoms with E-state index in [1.165, 1.54) is 10.4 Å². The summed E-state index contributed by atoms with van der Waals surface area (Å²) in [6.07, 6.45) is 4.06. The SMILES string of the molecule is Cc1ncc2ccc(-c3cncs3)cc2c1OC1CNC1. The minimum Gasteiger partial charge on any atom is -0.485 e. The number of hydrogen-bond acceptors (Lipinski definition) is 5. The normalized spacial score (nSPS) is 15.1. The van der Waals surface area contributed by atoms with Gasteiger partial charge in [0, 0.05) is 36.3 Å². The Bertz CT molecular complexity index is 782. The van der Waals surface area contributed by atoms with E-state index in [1.54, 1.807) is 11.3 Å². The molecule has 0 aliphatic carbocycles. The molecular formula is C16H15N3OS. The molecule has 0 atom stereocenters. The molecule has 0 amide bonds. The van der Waals surface area contributed by atoms with Gasteiger partial charge in [-0.15, -0.1) is 11.3 Å². The Morgan fingerprint density at radius 3 is 2.90 bits per heavy atom. The van der Waals surface area contributed by atoms with Gasteiger partial charge in [0.25, 0.3) is 0 Å². The van der Waals surface area contributed by atoms with E-state index in [4.69, 9.17) is 4.74 Å². The Kier molecular flexibility index (Phi) is 3.09. The van der Waals surface area contributed by atoms with Crippen molar-refractivity contribution in [2.24, 2.45) is 0 Å². The summed E-state index contributed by atoms with van der Waals surface area (Å²) in [5.74, 6) is 0.908. The molecule has 5 heteroatoms.